The highest BCUT2D eigenvalue weighted by Crippen LogP contribution is 2.25. The first-order chi connectivity index (χ1) is 14.8. The normalized spacial score (nSPS) is 17.2. The van der Waals surface area contributed by atoms with Crippen molar-refractivity contribution >= 4 is 23.2 Å². The van der Waals surface area contributed by atoms with E-state index in [2.05, 4.69) is 27.7 Å². The van der Waals surface area contributed by atoms with E-state index in [-0.39, 0.29) is 12.5 Å². The second-order valence-corrected chi connectivity index (χ2v) is 8.96. The molecule has 0 unspecified atom stereocenters. The van der Waals surface area contributed by atoms with E-state index in [1.165, 1.54) is 12.5 Å². The van der Waals surface area contributed by atoms with Crippen molar-refractivity contribution in [1.29, 1.82) is 0 Å². The highest BCUT2D eigenvalue weighted by atomic mass is 35.5. The first-order valence-electron chi connectivity index (χ1n) is 10.7. The van der Waals surface area contributed by atoms with Gasteiger partial charge in [0.05, 0.1) is 5.69 Å². The number of hydrogen-bond donors (Lipinski definition) is 3. The standard InChI is InChI=1S/C24H32ClN3O3/c1-18(29)27-22-5-3-4-6-23(22)31-17-24(2,30)16-26-21-11-13-28(14-12-21)15-19-7-9-20(25)10-8-19/h3-10,21,26,30H,11-17H2,1-2H3,(H,27,29)/t24-/m1/s1. The van der Waals surface area contributed by atoms with Gasteiger partial charge in [-0.1, -0.05) is 35.9 Å². The molecule has 3 N–H and O–H groups in total. The number of nitrogens with zero attached hydrogens (tertiary/aromatic N) is 1. The number of para-hydroxylation sites is 2. The maximum absolute atomic E-state index is 11.3. The molecule has 7 heteroatoms. The lowest BCUT2D eigenvalue weighted by Crippen LogP contribution is -2.49. The van der Waals surface area contributed by atoms with E-state index in [9.17, 15) is 9.90 Å². The van der Waals surface area contributed by atoms with Crippen molar-refractivity contribution in [3.05, 3.63) is 59.1 Å². The number of ether oxygens (including phenoxy) is 1. The molecule has 6 nitrogen and oxygen atoms in total. The summed E-state index contributed by atoms with van der Waals surface area (Å²) in [7, 11) is 0. The van der Waals surface area contributed by atoms with Gasteiger partial charge in [0.1, 0.15) is 18.0 Å². The number of anilines is 1. The number of piperidine rings is 1. The summed E-state index contributed by atoms with van der Waals surface area (Å²) in [5, 5.41) is 17.8. The molecule has 31 heavy (non-hydrogen) atoms. The SMILES string of the molecule is CC(=O)Nc1ccccc1OC[C@](C)(O)CNC1CCN(Cc2ccc(Cl)cc2)CC1. The lowest BCUT2D eigenvalue weighted by molar-refractivity contribution is -0.114. The molecule has 2 aromatic carbocycles. The van der Waals surface area contributed by atoms with Crippen LogP contribution in [0.5, 0.6) is 5.75 Å². The summed E-state index contributed by atoms with van der Waals surface area (Å²) in [5.41, 5.74) is 0.853. The van der Waals surface area contributed by atoms with Crippen LogP contribution < -0.4 is 15.4 Å². The van der Waals surface area contributed by atoms with Gasteiger partial charge in [-0.2, -0.15) is 0 Å². The zero-order valence-corrected chi connectivity index (χ0v) is 19.0. The van der Waals surface area contributed by atoms with Crippen LogP contribution in [0.2, 0.25) is 5.02 Å². The lowest BCUT2D eigenvalue weighted by atomic mass is 10.0. The average Bonchev–Trinajstić information content (AvgIpc) is 2.74. The average molecular weight is 446 g/mol. The number of halogens is 1. The van der Waals surface area contributed by atoms with Crippen LogP contribution in [0.1, 0.15) is 32.3 Å². The summed E-state index contributed by atoms with van der Waals surface area (Å²) in [4.78, 5) is 13.8. The Kier molecular flexibility index (Phi) is 8.32. The van der Waals surface area contributed by atoms with E-state index in [4.69, 9.17) is 16.3 Å². The first-order valence-corrected chi connectivity index (χ1v) is 11.1. The largest absolute Gasteiger partial charge is 0.488 e. The highest BCUT2D eigenvalue weighted by Gasteiger charge is 2.25. The predicted molar refractivity (Wildman–Crippen MR) is 125 cm³/mol. The Hall–Kier alpha value is -2.12. The smallest absolute Gasteiger partial charge is 0.221 e. The van der Waals surface area contributed by atoms with E-state index in [0.717, 1.165) is 37.5 Å². The molecule has 0 radical (unpaired) electrons. The third-order valence-corrected chi connectivity index (χ3v) is 5.67. The van der Waals surface area contributed by atoms with Crippen LogP contribution in [0, 0.1) is 0 Å². The third-order valence-electron chi connectivity index (χ3n) is 5.41. The summed E-state index contributed by atoms with van der Waals surface area (Å²) < 4.78 is 5.81. The molecule has 0 aliphatic carbocycles. The fourth-order valence-electron chi connectivity index (χ4n) is 3.68. The summed E-state index contributed by atoms with van der Waals surface area (Å²) in [6, 6.07) is 15.6. The molecule has 1 amide bonds. The molecule has 1 saturated heterocycles. The van der Waals surface area contributed by atoms with Gasteiger partial charge in [0.2, 0.25) is 5.91 Å². The van der Waals surface area contributed by atoms with Gasteiger partial charge >= 0.3 is 0 Å². The monoisotopic (exact) mass is 445 g/mol. The van der Waals surface area contributed by atoms with Crippen molar-refractivity contribution in [2.24, 2.45) is 0 Å². The molecular formula is C24H32ClN3O3. The number of amides is 1. The molecule has 1 fully saturated rings. The Balaban J connectivity index is 1.41. The molecular weight excluding hydrogens is 414 g/mol. The van der Waals surface area contributed by atoms with Gasteiger partial charge in [-0.15, -0.1) is 0 Å². The van der Waals surface area contributed by atoms with Gasteiger partial charge in [0.15, 0.2) is 0 Å². The van der Waals surface area contributed by atoms with E-state index >= 15 is 0 Å². The van der Waals surface area contributed by atoms with Gasteiger partial charge in [-0.25, -0.2) is 0 Å². The number of likely N-dealkylation sites (tertiary alicyclic amines) is 1. The Bertz CT molecular complexity index is 849. The van der Waals surface area contributed by atoms with Crippen molar-refractivity contribution in [3.63, 3.8) is 0 Å². The lowest BCUT2D eigenvalue weighted by Gasteiger charge is -2.34. The molecule has 1 atom stereocenters. The van der Waals surface area contributed by atoms with E-state index < -0.39 is 5.60 Å². The minimum absolute atomic E-state index is 0.131. The van der Waals surface area contributed by atoms with Crippen molar-refractivity contribution in [1.82, 2.24) is 10.2 Å². The summed E-state index contributed by atoms with van der Waals surface area (Å²) in [6.45, 7) is 6.76. The second-order valence-electron chi connectivity index (χ2n) is 8.52. The molecule has 1 heterocycles. The fourth-order valence-corrected chi connectivity index (χ4v) is 3.80. The van der Waals surface area contributed by atoms with Crippen LogP contribution in [-0.4, -0.2) is 53.8 Å². The molecule has 1 aliphatic rings. The van der Waals surface area contributed by atoms with Crippen molar-refractivity contribution in [2.75, 3.05) is 31.6 Å². The van der Waals surface area contributed by atoms with Crippen LogP contribution in [-0.2, 0) is 11.3 Å². The molecule has 2 aromatic rings. The number of carbonyl (C=O) groups excluding carboxylic acids is 1. The maximum atomic E-state index is 11.3. The fraction of sp³-hybridized carbons (Fsp3) is 0.458. The zero-order valence-electron chi connectivity index (χ0n) is 18.2. The zero-order chi connectivity index (χ0) is 22.3. The van der Waals surface area contributed by atoms with E-state index in [0.29, 0.717) is 24.0 Å². The summed E-state index contributed by atoms with van der Waals surface area (Å²) >= 11 is 5.96. The first kappa shape index (κ1) is 23.5. The Morgan fingerprint density at radius 3 is 2.55 bits per heavy atom. The molecule has 0 saturated carbocycles. The van der Waals surface area contributed by atoms with Crippen molar-refractivity contribution in [3.8, 4) is 5.75 Å². The van der Waals surface area contributed by atoms with Gasteiger partial charge in [0.25, 0.3) is 0 Å². The Morgan fingerprint density at radius 1 is 1.19 bits per heavy atom. The molecule has 0 spiro atoms. The number of carbonyl (C=O) groups is 1. The topological polar surface area (TPSA) is 73.8 Å². The predicted octanol–water partition coefficient (Wildman–Crippen LogP) is 3.68. The van der Waals surface area contributed by atoms with E-state index in [1.54, 1.807) is 19.1 Å². The van der Waals surface area contributed by atoms with Crippen LogP contribution in [0.3, 0.4) is 0 Å². The Morgan fingerprint density at radius 2 is 1.87 bits per heavy atom. The van der Waals surface area contributed by atoms with Crippen LogP contribution in [0.4, 0.5) is 5.69 Å². The maximum Gasteiger partial charge on any atom is 0.221 e. The minimum Gasteiger partial charge on any atom is -0.488 e. The summed E-state index contributed by atoms with van der Waals surface area (Å²) in [5.74, 6) is 0.389. The number of hydrogen-bond acceptors (Lipinski definition) is 5. The minimum atomic E-state index is -1.02. The summed E-state index contributed by atoms with van der Waals surface area (Å²) in [6.07, 6.45) is 2.08. The van der Waals surface area contributed by atoms with E-state index in [1.807, 2.05) is 24.3 Å². The van der Waals surface area contributed by atoms with Gasteiger partial charge in [-0.3, -0.25) is 9.69 Å². The molecule has 3 rings (SSSR count). The number of benzene rings is 2. The number of rotatable bonds is 9. The highest BCUT2D eigenvalue weighted by molar-refractivity contribution is 6.30. The second kappa shape index (κ2) is 11.0. The molecule has 168 valence electrons. The third kappa shape index (κ3) is 7.82. The Labute approximate surface area is 189 Å². The van der Waals surface area contributed by atoms with Crippen LogP contribution in [0.15, 0.2) is 48.5 Å². The van der Waals surface area contributed by atoms with Crippen LogP contribution >= 0.6 is 11.6 Å². The molecule has 0 aromatic heterocycles. The number of aliphatic hydroxyl groups is 1. The molecule has 1 aliphatic heterocycles. The van der Waals surface area contributed by atoms with Gasteiger partial charge in [0, 0.05) is 31.1 Å². The van der Waals surface area contributed by atoms with Crippen LogP contribution in [0.25, 0.3) is 0 Å². The van der Waals surface area contributed by atoms with Crippen molar-refractivity contribution < 1.29 is 14.6 Å². The molecule has 0 bridgehead atoms. The van der Waals surface area contributed by atoms with Gasteiger partial charge < -0.3 is 20.5 Å². The number of nitrogens with one attached hydrogen (secondary N) is 2. The van der Waals surface area contributed by atoms with Gasteiger partial charge in [-0.05, 0) is 62.7 Å². The quantitative estimate of drug-likeness (QED) is 0.549. The van der Waals surface area contributed by atoms with Crippen molar-refractivity contribution in [2.45, 2.75) is 44.9 Å².